The number of hydrogen-bond donors (Lipinski definition) is 2. The smallest absolute Gasteiger partial charge is 0.307 e. The van der Waals surface area contributed by atoms with E-state index in [1.165, 1.54) is 0 Å². The van der Waals surface area contributed by atoms with Gasteiger partial charge in [0.2, 0.25) is 5.91 Å². The molecule has 0 aliphatic heterocycles. The summed E-state index contributed by atoms with van der Waals surface area (Å²) in [5, 5.41) is 12.0. The predicted octanol–water partition coefficient (Wildman–Crippen LogP) is 2.69. The van der Waals surface area contributed by atoms with Crippen LogP contribution in [0, 0.1) is 11.8 Å². The molecular formula is C16H19NO4. The number of amides is 1. The van der Waals surface area contributed by atoms with Crippen molar-refractivity contribution in [3.63, 3.8) is 0 Å². The summed E-state index contributed by atoms with van der Waals surface area (Å²) in [5.74, 6) is -1.85. The lowest BCUT2D eigenvalue weighted by molar-refractivity contribution is -0.146. The van der Waals surface area contributed by atoms with Gasteiger partial charge in [-0.1, -0.05) is 24.3 Å². The second kappa shape index (κ2) is 6.92. The van der Waals surface area contributed by atoms with Gasteiger partial charge in [0.1, 0.15) is 5.75 Å². The summed E-state index contributed by atoms with van der Waals surface area (Å²) in [6.45, 7) is 2.36. The fraction of sp³-hybridized carbons (Fsp3) is 0.375. The molecule has 1 aliphatic carbocycles. The number of para-hydroxylation sites is 2. The van der Waals surface area contributed by atoms with Crippen LogP contribution in [0.2, 0.25) is 0 Å². The maximum atomic E-state index is 12.4. The molecule has 0 radical (unpaired) electrons. The summed E-state index contributed by atoms with van der Waals surface area (Å²) in [6.07, 6.45) is 4.51. The molecule has 2 atom stereocenters. The molecule has 0 saturated heterocycles. The van der Waals surface area contributed by atoms with Crippen LogP contribution in [0.25, 0.3) is 0 Å². The molecule has 0 aromatic heterocycles. The molecular weight excluding hydrogens is 270 g/mol. The van der Waals surface area contributed by atoms with Crippen LogP contribution in [-0.4, -0.2) is 23.6 Å². The highest BCUT2D eigenvalue weighted by Gasteiger charge is 2.34. The molecule has 0 bridgehead atoms. The molecule has 2 N–H and O–H groups in total. The summed E-state index contributed by atoms with van der Waals surface area (Å²) < 4.78 is 5.45. The first-order valence-electron chi connectivity index (χ1n) is 7.04. The highest BCUT2D eigenvalue weighted by atomic mass is 16.5. The number of benzene rings is 1. The van der Waals surface area contributed by atoms with Crippen molar-refractivity contribution in [1.82, 2.24) is 0 Å². The number of aliphatic carboxylic acids is 1. The van der Waals surface area contributed by atoms with E-state index in [2.05, 4.69) is 5.32 Å². The number of hydrogen-bond acceptors (Lipinski definition) is 3. The topological polar surface area (TPSA) is 75.6 Å². The second-order valence-corrected chi connectivity index (χ2v) is 4.91. The molecule has 0 unspecified atom stereocenters. The largest absolute Gasteiger partial charge is 0.492 e. The Morgan fingerprint density at radius 3 is 2.57 bits per heavy atom. The van der Waals surface area contributed by atoms with E-state index >= 15 is 0 Å². The highest BCUT2D eigenvalue weighted by Crippen LogP contribution is 2.29. The first-order valence-corrected chi connectivity index (χ1v) is 7.04. The van der Waals surface area contributed by atoms with Gasteiger partial charge in [0, 0.05) is 0 Å². The lowest BCUT2D eigenvalue weighted by Gasteiger charge is -2.24. The van der Waals surface area contributed by atoms with E-state index < -0.39 is 17.8 Å². The SMILES string of the molecule is CCOc1ccccc1NC(=O)[C@H]1CC=CC[C@@H]1C(=O)O. The molecule has 0 saturated carbocycles. The van der Waals surface area contributed by atoms with E-state index in [0.29, 0.717) is 30.9 Å². The van der Waals surface area contributed by atoms with E-state index in [0.717, 1.165) is 0 Å². The third-order valence-corrected chi connectivity index (χ3v) is 3.53. The Bertz CT molecular complexity index is 553. The molecule has 1 aromatic rings. The molecule has 1 amide bonds. The van der Waals surface area contributed by atoms with Crippen molar-refractivity contribution in [2.45, 2.75) is 19.8 Å². The van der Waals surface area contributed by atoms with Gasteiger partial charge >= 0.3 is 5.97 Å². The molecule has 5 heteroatoms. The van der Waals surface area contributed by atoms with E-state index in [1.54, 1.807) is 18.2 Å². The van der Waals surface area contributed by atoms with E-state index in [-0.39, 0.29) is 5.91 Å². The zero-order chi connectivity index (χ0) is 15.2. The quantitative estimate of drug-likeness (QED) is 0.817. The standard InChI is InChI=1S/C16H19NO4/c1-2-21-14-10-6-5-9-13(14)17-15(18)11-7-3-4-8-12(11)16(19)20/h3-6,9-12H,2,7-8H2,1H3,(H,17,18)(H,19,20)/t11-,12-/m0/s1. The number of allylic oxidation sites excluding steroid dienone is 2. The Morgan fingerprint density at radius 2 is 1.90 bits per heavy atom. The predicted molar refractivity (Wildman–Crippen MR) is 79.2 cm³/mol. The Kier molecular flexibility index (Phi) is 4.98. The highest BCUT2D eigenvalue weighted by molar-refractivity contribution is 5.96. The molecule has 112 valence electrons. The van der Waals surface area contributed by atoms with Gasteiger partial charge in [-0.2, -0.15) is 0 Å². The van der Waals surface area contributed by atoms with Crippen molar-refractivity contribution < 1.29 is 19.4 Å². The van der Waals surface area contributed by atoms with Crippen LogP contribution >= 0.6 is 0 Å². The van der Waals surface area contributed by atoms with Gasteiger partial charge in [-0.3, -0.25) is 9.59 Å². The monoisotopic (exact) mass is 289 g/mol. The number of anilines is 1. The second-order valence-electron chi connectivity index (χ2n) is 4.91. The fourth-order valence-corrected chi connectivity index (χ4v) is 2.45. The molecule has 1 aromatic carbocycles. The maximum Gasteiger partial charge on any atom is 0.307 e. The number of carbonyl (C=O) groups is 2. The number of carboxylic acid groups (broad SMARTS) is 1. The number of rotatable bonds is 5. The van der Waals surface area contributed by atoms with Crippen LogP contribution in [0.15, 0.2) is 36.4 Å². The third kappa shape index (κ3) is 3.62. The Balaban J connectivity index is 2.14. The summed E-state index contributed by atoms with van der Waals surface area (Å²) in [4.78, 5) is 23.6. The van der Waals surface area contributed by atoms with Crippen molar-refractivity contribution in [3.05, 3.63) is 36.4 Å². The van der Waals surface area contributed by atoms with Crippen LogP contribution in [0.1, 0.15) is 19.8 Å². The van der Waals surface area contributed by atoms with Gasteiger partial charge in [-0.25, -0.2) is 0 Å². The van der Waals surface area contributed by atoms with Gasteiger partial charge < -0.3 is 15.2 Å². The molecule has 1 aliphatic rings. The van der Waals surface area contributed by atoms with E-state index in [9.17, 15) is 14.7 Å². The van der Waals surface area contributed by atoms with Crippen molar-refractivity contribution >= 4 is 17.6 Å². The molecule has 2 rings (SSSR count). The molecule has 21 heavy (non-hydrogen) atoms. The Hall–Kier alpha value is -2.30. The summed E-state index contributed by atoms with van der Waals surface area (Å²) >= 11 is 0. The van der Waals surface area contributed by atoms with Gasteiger partial charge in [-0.15, -0.1) is 0 Å². The van der Waals surface area contributed by atoms with Crippen LogP contribution < -0.4 is 10.1 Å². The van der Waals surface area contributed by atoms with Crippen molar-refractivity contribution in [1.29, 1.82) is 0 Å². The number of carboxylic acids is 1. The summed E-state index contributed by atoms with van der Waals surface area (Å²) in [6, 6.07) is 7.14. The zero-order valence-electron chi connectivity index (χ0n) is 11.9. The first-order chi connectivity index (χ1) is 10.1. The molecule has 5 nitrogen and oxygen atoms in total. The summed E-state index contributed by atoms with van der Waals surface area (Å²) in [7, 11) is 0. The third-order valence-electron chi connectivity index (χ3n) is 3.53. The lowest BCUT2D eigenvalue weighted by Crippen LogP contribution is -2.34. The molecule has 0 spiro atoms. The van der Waals surface area contributed by atoms with Gasteiger partial charge in [-0.05, 0) is 31.9 Å². The minimum atomic E-state index is -0.933. The molecule has 0 fully saturated rings. The van der Waals surface area contributed by atoms with Gasteiger partial charge in [0.15, 0.2) is 0 Å². The van der Waals surface area contributed by atoms with Crippen LogP contribution in [-0.2, 0) is 9.59 Å². The number of nitrogens with one attached hydrogen (secondary N) is 1. The van der Waals surface area contributed by atoms with Gasteiger partial charge in [0.25, 0.3) is 0 Å². The van der Waals surface area contributed by atoms with Crippen molar-refractivity contribution in [2.75, 3.05) is 11.9 Å². The Morgan fingerprint density at radius 1 is 1.24 bits per heavy atom. The van der Waals surface area contributed by atoms with Gasteiger partial charge in [0.05, 0.1) is 24.1 Å². The normalized spacial score (nSPS) is 20.8. The van der Waals surface area contributed by atoms with E-state index in [1.807, 2.05) is 25.1 Å². The minimum absolute atomic E-state index is 0.279. The minimum Gasteiger partial charge on any atom is -0.492 e. The average Bonchev–Trinajstić information content (AvgIpc) is 2.49. The lowest BCUT2D eigenvalue weighted by atomic mass is 9.82. The van der Waals surface area contributed by atoms with Crippen LogP contribution in [0.3, 0.4) is 0 Å². The molecule has 0 heterocycles. The van der Waals surface area contributed by atoms with Crippen molar-refractivity contribution in [3.8, 4) is 5.75 Å². The van der Waals surface area contributed by atoms with Crippen LogP contribution in [0.5, 0.6) is 5.75 Å². The van der Waals surface area contributed by atoms with Crippen molar-refractivity contribution in [2.24, 2.45) is 11.8 Å². The Labute approximate surface area is 123 Å². The number of ether oxygens (including phenoxy) is 1. The van der Waals surface area contributed by atoms with Crippen LogP contribution in [0.4, 0.5) is 5.69 Å². The average molecular weight is 289 g/mol. The maximum absolute atomic E-state index is 12.4. The van der Waals surface area contributed by atoms with E-state index in [4.69, 9.17) is 4.74 Å². The zero-order valence-corrected chi connectivity index (χ0v) is 11.9. The fourth-order valence-electron chi connectivity index (χ4n) is 2.45. The first kappa shape index (κ1) is 15.1. The summed E-state index contributed by atoms with van der Waals surface area (Å²) in [5.41, 5.74) is 0.572. The number of carbonyl (C=O) groups excluding carboxylic acids is 1.